The van der Waals surface area contributed by atoms with Crippen LogP contribution in [-0.4, -0.2) is 42.2 Å². The third kappa shape index (κ3) is 4.44. The van der Waals surface area contributed by atoms with E-state index in [0.29, 0.717) is 24.5 Å². The molecule has 0 saturated carbocycles. The molecule has 0 spiro atoms. The number of H-pyrrole nitrogens is 1. The zero-order valence-corrected chi connectivity index (χ0v) is 19.1. The number of nitrogens with one attached hydrogen (secondary N) is 2. The number of rotatable bonds is 6. The molecule has 184 valence electrons. The minimum Gasteiger partial charge on any atom is -0.481 e. The summed E-state index contributed by atoms with van der Waals surface area (Å²) in [4.78, 5) is 4.29. The zero-order valence-electron chi connectivity index (χ0n) is 18.3. The monoisotopic (exact) mass is 503 g/mol. The highest BCUT2D eigenvalue weighted by molar-refractivity contribution is 6.32. The number of aliphatic hydroxyl groups is 2. The third-order valence-corrected chi connectivity index (χ3v) is 5.99. The first-order valence-electron chi connectivity index (χ1n) is 10.3. The van der Waals surface area contributed by atoms with Gasteiger partial charge in [0, 0.05) is 30.3 Å². The van der Waals surface area contributed by atoms with Crippen molar-refractivity contribution in [2.24, 2.45) is 0 Å². The molecule has 1 aliphatic heterocycles. The number of alkyl halides is 3. The van der Waals surface area contributed by atoms with Crippen molar-refractivity contribution >= 4 is 17.3 Å². The van der Waals surface area contributed by atoms with Gasteiger partial charge >= 0.3 is 6.18 Å². The lowest BCUT2D eigenvalue weighted by molar-refractivity contribution is -0.189. The summed E-state index contributed by atoms with van der Waals surface area (Å²) in [6.45, 7) is 4.41. The second-order valence-corrected chi connectivity index (χ2v) is 8.76. The van der Waals surface area contributed by atoms with Gasteiger partial charge in [0.2, 0.25) is 0 Å². The van der Waals surface area contributed by atoms with E-state index in [2.05, 4.69) is 20.5 Å². The van der Waals surface area contributed by atoms with Crippen LogP contribution in [0.15, 0.2) is 18.3 Å². The summed E-state index contributed by atoms with van der Waals surface area (Å²) in [7, 11) is 0. The summed E-state index contributed by atoms with van der Waals surface area (Å²) in [5.41, 5.74) is -0.947. The van der Waals surface area contributed by atoms with Crippen LogP contribution in [-0.2, 0) is 12.1 Å². The van der Waals surface area contributed by atoms with E-state index in [0.717, 1.165) is 19.1 Å². The van der Waals surface area contributed by atoms with Crippen molar-refractivity contribution in [3.05, 3.63) is 46.4 Å². The molecule has 3 heterocycles. The van der Waals surface area contributed by atoms with Gasteiger partial charge in [-0.2, -0.15) is 18.3 Å². The second-order valence-electron chi connectivity index (χ2n) is 8.38. The maximum absolute atomic E-state index is 15.2. The first-order valence-corrected chi connectivity index (χ1v) is 10.7. The van der Waals surface area contributed by atoms with Crippen LogP contribution in [0.2, 0.25) is 5.15 Å². The molecule has 0 radical (unpaired) electrons. The Bertz CT molecular complexity index is 1200. The van der Waals surface area contributed by atoms with Gasteiger partial charge in [-0.15, -0.1) is 0 Å². The van der Waals surface area contributed by atoms with E-state index < -0.39 is 35.7 Å². The highest BCUT2D eigenvalue weighted by Crippen LogP contribution is 2.39. The number of nitrogens with zero attached hydrogens (tertiary/aromatic N) is 3. The average Bonchev–Trinajstić information content (AvgIpc) is 3.39. The van der Waals surface area contributed by atoms with Crippen LogP contribution in [0.4, 0.5) is 23.2 Å². The highest BCUT2D eigenvalue weighted by Gasteiger charge is 2.39. The molecule has 3 atom stereocenters. The Morgan fingerprint density at radius 2 is 2.06 bits per heavy atom. The number of aromatic nitrogens is 4. The van der Waals surface area contributed by atoms with Crippen molar-refractivity contribution in [1.82, 2.24) is 19.7 Å². The van der Waals surface area contributed by atoms with Crippen LogP contribution >= 0.6 is 11.6 Å². The van der Waals surface area contributed by atoms with Crippen molar-refractivity contribution in [3.63, 3.8) is 0 Å². The van der Waals surface area contributed by atoms with Crippen molar-refractivity contribution in [2.75, 3.05) is 5.32 Å². The number of anilines is 1. The van der Waals surface area contributed by atoms with Gasteiger partial charge in [0.05, 0.1) is 17.1 Å². The molecule has 3 aromatic rings. The van der Waals surface area contributed by atoms with Crippen LogP contribution in [0, 0.1) is 12.7 Å². The largest absolute Gasteiger partial charge is 0.481 e. The number of benzene rings is 1. The molecule has 0 aliphatic carbocycles. The van der Waals surface area contributed by atoms with E-state index in [1.54, 1.807) is 18.4 Å². The van der Waals surface area contributed by atoms with Crippen molar-refractivity contribution < 1.29 is 32.5 Å². The quantitative estimate of drug-likeness (QED) is 0.293. The summed E-state index contributed by atoms with van der Waals surface area (Å²) in [6, 6.07) is 1.92. The van der Waals surface area contributed by atoms with Crippen molar-refractivity contribution in [1.29, 1.82) is 0 Å². The van der Waals surface area contributed by atoms with Gasteiger partial charge in [0.25, 0.3) is 0 Å². The van der Waals surface area contributed by atoms with Crippen LogP contribution < -0.4 is 10.1 Å². The molecular formula is C21H22ClF4N5O3. The minimum atomic E-state index is -4.71. The van der Waals surface area contributed by atoms with E-state index in [1.165, 1.54) is 6.20 Å². The molecule has 0 fully saturated rings. The van der Waals surface area contributed by atoms with Crippen LogP contribution in [0.25, 0.3) is 11.3 Å². The van der Waals surface area contributed by atoms with E-state index in [9.17, 15) is 23.4 Å². The molecule has 1 aromatic carbocycles. The Morgan fingerprint density at radius 1 is 1.35 bits per heavy atom. The van der Waals surface area contributed by atoms with E-state index in [1.807, 2.05) is 0 Å². The smallest absolute Gasteiger partial charge is 0.425 e. The maximum Gasteiger partial charge on any atom is 0.425 e. The summed E-state index contributed by atoms with van der Waals surface area (Å²) in [5, 5.41) is 30.1. The number of aryl methyl sites for hydroxylation is 2. The number of hydrogen-bond donors (Lipinski definition) is 4. The lowest BCUT2D eigenvalue weighted by atomic mass is 10.0. The Balaban J connectivity index is 1.76. The molecule has 1 unspecified atom stereocenters. The fraction of sp³-hybridized carbons (Fsp3) is 0.429. The standard InChI is InChI=1S/C21H22ClF4N5O3/c1-9-16(17(22)30-29-9)28-18(32)12-6-13(23)11(7-15(12)34-10(2)21(24,25)26)14-8-31-5-4-20(3,33)19(31)27-14/h6-8,10,18,28,32-33H,4-5H2,1-3H3,(H,29,30)/t10-,18?,20+/m0/s1. The van der Waals surface area contributed by atoms with Gasteiger partial charge < -0.3 is 24.8 Å². The summed E-state index contributed by atoms with van der Waals surface area (Å²) < 4.78 is 61.6. The Hall–Kier alpha value is -2.83. The molecule has 4 N–H and O–H groups in total. The van der Waals surface area contributed by atoms with Crippen molar-refractivity contribution in [2.45, 2.75) is 57.8 Å². The molecule has 0 bridgehead atoms. The Morgan fingerprint density at radius 3 is 2.65 bits per heavy atom. The number of imidazole rings is 1. The number of fused-ring (bicyclic) bond motifs is 1. The molecule has 2 aromatic heterocycles. The van der Waals surface area contributed by atoms with Crippen LogP contribution in [0.5, 0.6) is 5.75 Å². The van der Waals surface area contributed by atoms with E-state index in [4.69, 9.17) is 16.3 Å². The summed E-state index contributed by atoms with van der Waals surface area (Å²) in [5.74, 6) is -0.934. The lowest BCUT2D eigenvalue weighted by Crippen LogP contribution is -2.31. The predicted molar refractivity (Wildman–Crippen MR) is 115 cm³/mol. The molecule has 4 rings (SSSR count). The van der Waals surface area contributed by atoms with E-state index in [-0.39, 0.29) is 27.7 Å². The van der Waals surface area contributed by atoms with Gasteiger partial charge in [-0.1, -0.05) is 11.6 Å². The summed E-state index contributed by atoms with van der Waals surface area (Å²) >= 11 is 5.98. The summed E-state index contributed by atoms with van der Waals surface area (Å²) in [6.07, 6.45) is -6.69. The number of halogens is 5. The van der Waals surface area contributed by atoms with Gasteiger partial charge in [-0.05, 0) is 32.9 Å². The highest BCUT2D eigenvalue weighted by atomic mass is 35.5. The maximum atomic E-state index is 15.2. The number of hydrogen-bond acceptors (Lipinski definition) is 6. The lowest BCUT2D eigenvalue weighted by Gasteiger charge is -2.23. The van der Waals surface area contributed by atoms with E-state index >= 15 is 4.39 Å². The van der Waals surface area contributed by atoms with Gasteiger partial charge in [-0.3, -0.25) is 5.10 Å². The molecule has 34 heavy (non-hydrogen) atoms. The number of ether oxygens (including phenoxy) is 1. The number of aromatic amines is 1. The predicted octanol–water partition coefficient (Wildman–Crippen LogP) is 4.42. The fourth-order valence-electron chi connectivity index (χ4n) is 3.72. The van der Waals surface area contributed by atoms with Crippen LogP contribution in [0.3, 0.4) is 0 Å². The van der Waals surface area contributed by atoms with Crippen molar-refractivity contribution in [3.8, 4) is 17.0 Å². The van der Waals surface area contributed by atoms with Gasteiger partial charge in [0.15, 0.2) is 12.3 Å². The third-order valence-electron chi connectivity index (χ3n) is 5.72. The van der Waals surface area contributed by atoms with Gasteiger partial charge in [0.1, 0.15) is 28.1 Å². The average molecular weight is 504 g/mol. The number of aliphatic hydroxyl groups excluding tert-OH is 1. The molecule has 8 nitrogen and oxygen atoms in total. The van der Waals surface area contributed by atoms with Gasteiger partial charge in [-0.25, -0.2) is 9.37 Å². The normalized spacial score (nSPS) is 19.7. The Labute approximate surface area is 196 Å². The molecule has 0 saturated heterocycles. The first kappa shape index (κ1) is 24.3. The molecule has 0 amide bonds. The molecule has 1 aliphatic rings. The zero-order chi connectivity index (χ0) is 25.0. The fourth-order valence-corrected chi connectivity index (χ4v) is 3.95. The topological polar surface area (TPSA) is 108 Å². The second kappa shape index (κ2) is 8.43. The first-order chi connectivity index (χ1) is 15.8. The Kier molecular flexibility index (Phi) is 6.03. The minimum absolute atomic E-state index is 0.0550. The molecule has 13 heteroatoms. The van der Waals surface area contributed by atoms with Crippen LogP contribution in [0.1, 0.15) is 43.6 Å². The SMILES string of the molecule is Cc1n[nH]c(Cl)c1NC(O)c1cc(F)c(-c2cn3c(n2)[C@](C)(O)CC3)cc1O[C@@H](C)C(F)(F)F. The molecular weight excluding hydrogens is 482 g/mol.